The second-order valence-corrected chi connectivity index (χ2v) is 4.53. The van der Waals surface area contributed by atoms with Gasteiger partial charge in [0.25, 0.3) is 0 Å². The minimum absolute atomic E-state index is 0.477. The SMILES string of the molecule is CCCn1ncnc1CN(CCCl)C(C)C. The smallest absolute Gasteiger partial charge is 0.141 e. The summed E-state index contributed by atoms with van der Waals surface area (Å²) in [4.78, 5) is 6.62. The quantitative estimate of drug-likeness (QED) is 0.690. The minimum Gasteiger partial charge on any atom is -0.292 e. The maximum atomic E-state index is 5.80. The van der Waals surface area contributed by atoms with Crippen molar-refractivity contribution in [2.45, 2.75) is 46.3 Å². The monoisotopic (exact) mass is 244 g/mol. The Kier molecular flexibility index (Phi) is 5.77. The van der Waals surface area contributed by atoms with E-state index in [4.69, 9.17) is 11.6 Å². The Morgan fingerprint density at radius 2 is 2.25 bits per heavy atom. The highest BCUT2D eigenvalue weighted by molar-refractivity contribution is 6.18. The highest BCUT2D eigenvalue weighted by Crippen LogP contribution is 2.06. The number of nitrogens with zero attached hydrogens (tertiary/aromatic N) is 4. The van der Waals surface area contributed by atoms with Crippen LogP contribution in [-0.4, -0.2) is 38.1 Å². The number of aromatic nitrogens is 3. The van der Waals surface area contributed by atoms with Crippen molar-refractivity contribution >= 4 is 11.6 Å². The Morgan fingerprint density at radius 1 is 1.50 bits per heavy atom. The van der Waals surface area contributed by atoms with Crippen molar-refractivity contribution in [3.8, 4) is 0 Å². The van der Waals surface area contributed by atoms with Crippen LogP contribution in [0.5, 0.6) is 0 Å². The summed E-state index contributed by atoms with van der Waals surface area (Å²) in [5.41, 5.74) is 0. The predicted octanol–water partition coefficient (Wildman–Crippen LogP) is 2.14. The predicted molar refractivity (Wildman–Crippen MR) is 66.6 cm³/mol. The molecule has 4 nitrogen and oxygen atoms in total. The summed E-state index contributed by atoms with van der Waals surface area (Å²) in [5, 5.41) is 4.22. The van der Waals surface area contributed by atoms with E-state index in [0.717, 1.165) is 31.9 Å². The van der Waals surface area contributed by atoms with E-state index in [1.165, 1.54) is 0 Å². The van der Waals surface area contributed by atoms with Gasteiger partial charge in [-0.1, -0.05) is 6.92 Å². The zero-order chi connectivity index (χ0) is 12.0. The Hall–Kier alpha value is -0.610. The summed E-state index contributed by atoms with van der Waals surface area (Å²) in [6.45, 7) is 9.13. The molecule has 0 saturated heterocycles. The van der Waals surface area contributed by atoms with Gasteiger partial charge in [0.1, 0.15) is 12.2 Å². The summed E-state index contributed by atoms with van der Waals surface area (Å²) in [6.07, 6.45) is 2.71. The van der Waals surface area contributed by atoms with Crippen LogP contribution in [0.2, 0.25) is 0 Å². The molecule has 0 unspecified atom stereocenters. The molecule has 0 aliphatic rings. The molecular weight excluding hydrogens is 224 g/mol. The maximum absolute atomic E-state index is 5.80. The highest BCUT2D eigenvalue weighted by Gasteiger charge is 2.13. The molecule has 5 heteroatoms. The van der Waals surface area contributed by atoms with Crippen LogP contribution < -0.4 is 0 Å². The first kappa shape index (κ1) is 13.5. The summed E-state index contributed by atoms with van der Waals surface area (Å²) in [5.74, 6) is 1.68. The number of alkyl halides is 1. The van der Waals surface area contributed by atoms with Gasteiger partial charge in [0, 0.05) is 25.0 Å². The first-order chi connectivity index (χ1) is 7.69. The number of halogens is 1. The molecule has 92 valence electrons. The van der Waals surface area contributed by atoms with Crippen LogP contribution in [0.15, 0.2) is 6.33 Å². The lowest BCUT2D eigenvalue weighted by molar-refractivity contribution is 0.216. The van der Waals surface area contributed by atoms with Crippen LogP contribution in [0, 0.1) is 0 Å². The molecule has 0 aromatic carbocycles. The molecule has 0 spiro atoms. The van der Waals surface area contributed by atoms with Gasteiger partial charge in [-0.15, -0.1) is 11.6 Å². The van der Waals surface area contributed by atoms with Crippen LogP contribution in [0.3, 0.4) is 0 Å². The summed E-state index contributed by atoms with van der Waals surface area (Å²) >= 11 is 5.80. The molecule has 1 aromatic heterocycles. The van der Waals surface area contributed by atoms with Crippen LogP contribution in [0.25, 0.3) is 0 Å². The second-order valence-electron chi connectivity index (χ2n) is 4.15. The van der Waals surface area contributed by atoms with Crippen LogP contribution in [-0.2, 0) is 13.1 Å². The average Bonchev–Trinajstić information content (AvgIpc) is 2.65. The molecule has 1 rings (SSSR count). The van der Waals surface area contributed by atoms with Gasteiger partial charge in [-0.25, -0.2) is 9.67 Å². The number of hydrogen-bond acceptors (Lipinski definition) is 3. The lowest BCUT2D eigenvalue weighted by atomic mass is 10.3. The van der Waals surface area contributed by atoms with Crippen molar-refractivity contribution in [2.75, 3.05) is 12.4 Å². The van der Waals surface area contributed by atoms with Gasteiger partial charge >= 0.3 is 0 Å². The lowest BCUT2D eigenvalue weighted by Gasteiger charge is -2.24. The first-order valence-corrected chi connectivity index (χ1v) is 6.39. The highest BCUT2D eigenvalue weighted by atomic mass is 35.5. The number of hydrogen-bond donors (Lipinski definition) is 0. The van der Waals surface area contributed by atoms with Gasteiger partial charge in [0.15, 0.2) is 0 Å². The molecule has 1 heterocycles. The normalized spacial score (nSPS) is 11.6. The standard InChI is InChI=1S/C11H21ClN4/c1-4-6-16-11(13-9-14-16)8-15(7-5-12)10(2)3/h9-10H,4-8H2,1-3H3. The summed E-state index contributed by atoms with van der Waals surface area (Å²) in [7, 11) is 0. The van der Waals surface area contributed by atoms with Gasteiger partial charge in [-0.2, -0.15) is 5.10 Å². The van der Waals surface area contributed by atoms with Crippen molar-refractivity contribution in [1.82, 2.24) is 19.7 Å². The van der Waals surface area contributed by atoms with Crippen LogP contribution in [0.4, 0.5) is 0 Å². The molecule has 0 amide bonds. The van der Waals surface area contributed by atoms with Crippen LogP contribution >= 0.6 is 11.6 Å². The Labute approximate surface area is 103 Å². The van der Waals surface area contributed by atoms with E-state index in [2.05, 4.69) is 35.8 Å². The molecule has 0 radical (unpaired) electrons. The van der Waals surface area contributed by atoms with Gasteiger partial charge < -0.3 is 0 Å². The van der Waals surface area contributed by atoms with E-state index >= 15 is 0 Å². The number of aryl methyl sites for hydroxylation is 1. The fourth-order valence-electron chi connectivity index (χ4n) is 1.62. The first-order valence-electron chi connectivity index (χ1n) is 5.85. The molecule has 0 aliphatic heterocycles. The van der Waals surface area contributed by atoms with E-state index in [-0.39, 0.29) is 0 Å². The molecule has 0 aliphatic carbocycles. The lowest BCUT2D eigenvalue weighted by Crippen LogP contribution is -2.33. The topological polar surface area (TPSA) is 34.0 Å². The Bertz CT molecular complexity index is 298. The molecule has 0 atom stereocenters. The van der Waals surface area contributed by atoms with Crippen molar-refractivity contribution in [3.63, 3.8) is 0 Å². The zero-order valence-corrected chi connectivity index (χ0v) is 11.1. The summed E-state index contributed by atoms with van der Waals surface area (Å²) in [6, 6.07) is 0.477. The fraction of sp³-hybridized carbons (Fsp3) is 0.818. The van der Waals surface area contributed by atoms with Crippen molar-refractivity contribution in [1.29, 1.82) is 0 Å². The second kappa shape index (κ2) is 6.86. The van der Waals surface area contributed by atoms with E-state index in [1.54, 1.807) is 6.33 Å². The third-order valence-corrected chi connectivity index (χ3v) is 2.75. The van der Waals surface area contributed by atoms with Crippen molar-refractivity contribution in [3.05, 3.63) is 12.2 Å². The largest absolute Gasteiger partial charge is 0.292 e. The maximum Gasteiger partial charge on any atom is 0.141 e. The Balaban J connectivity index is 2.65. The van der Waals surface area contributed by atoms with Gasteiger partial charge in [0.05, 0.1) is 6.54 Å². The summed E-state index contributed by atoms with van der Waals surface area (Å²) < 4.78 is 1.98. The van der Waals surface area contributed by atoms with E-state index in [9.17, 15) is 0 Å². The average molecular weight is 245 g/mol. The third-order valence-electron chi connectivity index (χ3n) is 2.58. The molecule has 0 N–H and O–H groups in total. The van der Waals surface area contributed by atoms with Gasteiger partial charge in [0.2, 0.25) is 0 Å². The molecule has 0 fully saturated rings. The van der Waals surface area contributed by atoms with E-state index in [1.807, 2.05) is 4.68 Å². The van der Waals surface area contributed by atoms with E-state index < -0.39 is 0 Å². The van der Waals surface area contributed by atoms with Crippen molar-refractivity contribution < 1.29 is 0 Å². The minimum atomic E-state index is 0.477. The van der Waals surface area contributed by atoms with Crippen LogP contribution in [0.1, 0.15) is 33.0 Å². The third kappa shape index (κ3) is 3.76. The fourth-order valence-corrected chi connectivity index (χ4v) is 1.84. The molecule has 0 saturated carbocycles. The van der Waals surface area contributed by atoms with E-state index in [0.29, 0.717) is 11.9 Å². The zero-order valence-electron chi connectivity index (χ0n) is 10.4. The molecule has 0 bridgehead atoms. The Morgan fingerprint density at radius 3 is 2.81 bits per heavy atom. The number of rotatable bonds is 7. The molecule has 16 heavy (non-hydrogen) atoms. The molecule has 1 aromatic rings. The molecular formula is C11H21ClN4. The van der Waals surface area contributed by atoms with Gasteiger partial charge in [-0.3, -0.25) is 4.90 Å². The van der Waals surface area contributed by atoms with Crippen molar-refractivity contribution in [2.24, 2.45) is 0 Å². The van der Waals surface area contributed by atoms with Gasteiger partial charge in [-0.05, 0) is 20.3 Å².